The number of aromatic nitrogens is 5. The third-order valence-electron chi connectivity index (χ3n) is 4.74. The van der Waals surface area contributed by atoms with Crippen LogP contribution < -0.4 is 0 Å². The number of rotatable bonds is 4. The van der Waals surface area contributed by atoms with Gasteiger partial charge in [-0.2, -0.15) is 5.10 Å². The Morgan fingerprint density at radius 3 is 2.84 bits per heavy atom. The molecule has 0 saturated carbocycles. The second-order valence-electron chi connectivity index (χ2n) is 6.40. The lowest BCUT2D eigenvalue weighted by atomic mass is 10.0. The van der Waals surface area contributed by atoms with Gasteiger partial charge in [0.15, 0.2) is 0 Å². The van der Waals surface area contributed by atoms with E-state index in [-0.39, 0.29) is 5.91 Å². The minimum absolute atomic E-state index is 0.0482. The molecule has 1 unspecified atom stereocenters. The van der Waals surface area contributed by atoms with E-state index in [9.17, 15) is 4.79 Å². The lowest BCUT2D eigenvalue weighted by Crippen LogP contribution is -2.30. The molecule has 0 aliphatic carbocycles. The number of para-hydroxylation sites is 1. The van der Waals surface area contributed by atoms with E-state index in [1.807, 2.05) is 39.8 Å². The molecule has 1 fully saturated rings. The van der Waals surface area contributed by atoms with Crippen molar-refractivity contribution in [2.45, 2.75) is 12.8 Å². The molecule has 2 aromatic heterocycles. The number of nitrogens with zero attached hydrogens (tertiary/aromatic N) is 6. The summed E-state index contributed by atoms with van der Waals surface area (Å²) in [6, 6.07) is 11.8. The molecule has 0 radical (unpaired) electrons. The summed E-state index contributed by atoms with van der Waals surface area (Å²) in [6.07, 6.45) is 5.19. The maximum absolute atomic E-state index is 12.6. The van der Waals surface area contributed by atoms with E-state index < -0.39 is 0 Å². The second kappa shape index (κ2) is 6.51. The van der Waals surface area contributed by atoms with Crippen LogP contribution in [0.3, 0.4) is 0 Å². The molecule has 1 aliphatic heterocycles. The van der Waals surface area contributed by atoms with Crippen LogP contribution >= 0.6 is 0 Å². The van der Waals surface area contributed by atoms with Gasteiger partial charge in [-0.1, -0.05) is 18.2 Å². The molecule has 4 rings (SSSR count). The first-order chi connectivity index (χ1) is 12.2. The van der Waals surface area contributed by atoms with E-state index in [1.165, 1.54) is 0 Å². The zero-order valence-electron chi connectivity index (χ0n) is 14.1. The van der Waals surface area contributed by atoms with Gasteiger partial charge in [0.2, 0.25) is 0 Å². The quantitative estimate of drug-likeness (QED) is 0.727. The Morgan fingerprint density at radius 2 is 2.08 bits per heavy atom. The predicted octanol–water partition coefficient (Wildman–Crippen LogP) is 1.71. The standard InChI is InChI=1S/C18H20N6O/c1-22-16(7-9-20-22)18(25)23-10-8-14(12-23)11-17-21-19-13-24(17)15-5-3-2-4-6-15/h2-7,9,13-14H,8,10-12H2,1H3. The highest BCUT2D eigenvalue weighted by Gasteiger charge is 2.29. The van der Waals surface area contributed by atoms with Crippen molar-refractivity contribution in [2.24, 2.45) is 13.0 Å². The van der Waals surface area contributed by atoms with Gasteiger partial charge in [-0.05, 0) is 30.5 Å². The number of hydrogen-bond donors (Lipinski definition) is 0. The number of aryl methyl sites for hydroxylation is 1. The van der Waals surface area contributed by atoms with Gasteiger partial charge in [0.1, 0.15) is 17.8 Å². The molecule has 1 aliphatic rings. The molecular formula is C18H20N6O. The van der Waals surface area contributed by atoms with Crippen molar-refractivity contribution < 1.29 is 4.79 Å². The van der Waals surface area contributed by atoms with Crippen LogP contribution in [0, 0.1) is 5.92 Å². The molecule has 0 N–H and O–H groups in total. The summed E-state index contributed by atoms with van der Waals surface area (Å²) in [4.78, 5) is 14.5. The van der Waals surface area contributed by atoms with Gasteiger partial charge in [0.25, 0.3) is 5.91 Å². The Balaban J connectivity index is 1.45. The van der Waals surface area contributed by atoms with E-state index in [1.54, 1.807) is 30.3 Å². The zero-order valence-corrected chi connectivity index (χ0v) is 14.1. The first-order valence-electron chi connectivity index (χ1n) is 8.44. The van der Waals surface area contributed by atoms with Crippen molar-refractivity contribution in [3.63, 3.8) is 0 Å². The van der Waals surface area contributed by atoms with Crippen LogP contribution in [-0.4, -0.2) is 48.4 Å². The molecule has 3 heterocycles. The smallest absolute Gasteiger partial charge is 0.272 e. The van der Waals surface area contributed by atoms with Crippen molar-refractivity contribution in [3.8, 4) is 5.69 Å². The second-order valence-corrected chi connectivity index (χ2v) is 6.40. The Bertz CT molecular complexity index is 869. The van der Waals surface area contributed by atoms with Crippen molar-refractivity contribution in [1.82, 2.24) is 29.4 Å². The molecule has 1 saturated heterocycles. The lowest BCUT2D eigenvalue weighted by Gasteiger charge is -2.16. The Kier molecular flexibility index (Phi) is 4.05. The van der Waals surface area contributed by atoms with Gasteiger partial charge in [-0.15, -0.1) is 10.2 Å². The average molecular weight is 336 g/mol. The fourth-order valence-electron chi connectivity index (χ4n) is 3.39. The summed E-state index contributed by atoms with van der Waals surface area (Å²) < 4.78 is 3.65. The van der Waals surface area contributed by atoms with Gasteiger partial charge in [0.05, 0.1) is 0 Å². The number of carbonyl (C=O) groups excluding carboxylic acids is 1. The summed E-state index contributed by atoms with van der Waals surface area (Å²) in [5.41, 5.74) is 1.69. The number of likely N-dealkylation sites (tertiary alicyclic amines) is 1. The van der Waals surface area contributed by atoms with Crippen LogP contribution in [0.15, 0.2) is 48.9 Å². The van der Waals surface area contributed by atoms with Gasteiger partial charge in [0, 0.05) is 38.4 Å². The largest absolute Gasteiger partial charge is 0.337 e. The molecule has 0 bridgehead atoms. The highest BCUT2D eigenvalue weighted by Crippen LogP contribution is 2.22. The Labute approximate surface area is 145 Å². The zero-order chi connectivity index (χ0) is 17.2. The highest BCUT2D eigenvalue weighted by molar-refractivity contribution is 5.92. The molecule has 3 aromatic rings. The number of hydrogen-bond acceptors (Lipinski definition) is 4. The minimum Gasteiger partial charge on any atom is -0.337 e. The van der Waals surface area contributed by atoms with Crippen LogP contribution in [0.25, 0.3) is 5.69 Å². The summed E-state index contributed by atoms with van der Waals surface area (Å²) in [5.74, 6) is 1.38. The van der Waals surface area contributed by atoms with E-state index in [0.717, 1.165) is 37.4 Å². The molecule has 128 valence electrons. The summed E-state index contributed by atoms with van der Waals surface area (Å²) in [5, 5.41) is 12.4. The summed E-state index contributed by atoms with van der Waals surface area (Å²) in [6.45, 7) is 1.51. The van der Waals surface area contributed by atoms with Crippen molar-refractivity contribution >= 4 is 5.91 Å². The van der Waals surface area contributed by atoms with Crippen LogP contribution in [0.4, 0.5) is 0 Å². The average Bonchev–Trinajstić information content (AvgIpc) is 3.37. The van der Waals surface area contributed by atoms with Crippen molar-refractivity contribution in [1.29, 1.82) is 0 Å². The van der Waals surface area contributed by atoms with Crippen LogP contribution in [0.1, 0.15) is 22.7 Å². The van der Waals surface area contributed by atoms with E-state index in [2.05, 4.69) is 15.3 Å². The van der Waals surface area contributed by atoms with Crippen molar-refractivity contribution in [3.05, 3.63) is 60.4 Å². The topological polar surface area (TPSA) is 68.8 Å². The molecule has 1 amide bonds. The third-order valence-corrected chi connectivity index (χ3v) is 4.74. The first kappa shape index (κ1) is 15.6. The minimum atomic E-state index is 0.0482. The van der Waals surface area contributed by atoms with E-state index in [4.69, 9.17) is 0 Å². The Morgan fingerprint density at radius 1 is 1.24 bits per heavy atom. The highest BCUT2D eigenvalue weighted by atomic mass is 16.2. The molecule has 1 atom stereocenters. The predicted molar refractivity (Wildman–Crippen MR) is 92.3 cm³/mol. The normalized spacial score (nSPS) is 17.2. The fraction of sp³-hybridized carbons (Fsp3) is 0.333. The molecular weight excluding hydrogens is 316 g/mol. The SMILES string of the molecule is Cn1nccc1C(=O)N1CCC(Cc2nncn2-c2ccccc2)C1. The summed E-state index contributed by atoms with van der Waals surface area (Å²) in [7, 11) is 1.79. The van der Waals surface area contributed by atoms with Gasteiger partial charge >= 0.3 is 0 Å². The van der Waals surface area contributed by atoms with Gasteiger partial charge in [-0.3, -0.25) is 14.0 Å². The van der Waals surface area contributed by atoms with Gasteiger partial charge in [-0.25, -0.2) is 0 Å². The maximum atomic E-state index is 12.6. The monoisotopic (exact) mass is 336 g/mol. The lowest BCUT2D eigenvalue weighted by molar-refractivity contribution is 0.0776. The van der Waals surface area contributed by atoms with E-state index in [0.29, 0.717) is 11.6 Å². The number of benzene rings is 1. The van der Waals surface area contributed by atoms with Crippen LogP contribution in [-0.2, 0) is 13.5 Å². The van der Waals surface area contributed by atoms with Gasteiger partial charge < -0.3 is 4.90 Å². The molecule has 0 spiro atoms. The number of amides is 1. The molecule has 1 aromatic carbocycles. The maximum Gasteiger partial charge on any atom is 0.272 e. The first-order valence-corrected chi connectivity index (χ1v) is 8.44. The molecule has 7 heteroatoms. The van der Waals surface area contributed by atoms with Crippen molar-refractivity contribution in [2.75, 3.05) is 13.1 Å². The fourth-order valence-corrected chi connectivity index (χ4v) is 3.39. The summed E-state index contributed by atoms with van der Waals surface area (Å²) >= 11 is 0. The number of carbonyl (C=O) groups is 1. The molecule has 7 nitrogen and oxygen atoms in total. The Hall–Kier alpha value is -2.96. The van der Waals surface area contributed by atoms with E-state index >= 15 is 0 Å². The van der Waals surface area contributed by atoms with Crippen LogP contribution in [0.2, 0.25) is 0 Å². The molecule has 25 heavy (non-hydrogen) atoms. The van der Waals surface area contributed by atoms with Crippen LogP contribution in [0.5, 0.6) is 0 Å². The third kappa shape index (κ3) is 3.05.